The van der Waals surface area contributed by atoms with Crippen LogP contribution < -0.4 is 0 Å². The minimum atomic E-state index is 0. The van der Waals surface area contributed by atoms with Gasteiger partial charge in [-0.25, -0.2) is 24.3 Å². The van der Waals surface area contributed by atoms with Gasteiger partial charge in [0, 0.05) is 0 Å². The topological polar surface area (TPSA) is 0 Å². The van der Waals surface area contributed by atoms with Crippen molar-refractivity contribution >= 4 is 23.5 Å². The molecule has 0 aliphatic heterocycles. The van der Waals surface area contributed by atoms with Gasteiger partial charge in [0.15, 0.2) is 0 Å². The van der Waals surface area contributed by atoms with E-state index in [1.165, 1.54) is 9.79 Å². The molecule has 0 aromatic heterocycles. The van der Waals surface area contributed by atoms with Crippen LogP contribution in [-0.2, 0) is 17.1 Å². The van der Waals surface area contributed by atoms with E-state index in [0.717, 1.165) is 0 Å². The summed E-state index contributed by atoms with van der Waals surface area (Å²) >= 11 is 3.55. The molecule has 82 valence electrons. The minimum Gasteiger partial charge on any atom is -0.213 e. The van der Waals surface area contributed by atoms with Crippen molar-refractivity contribution in [2.75, 3.05) is 12.5 Å². The van der Waals surface area contributed by atoms with Gasteiger partial charge in [-0.15, -0.1) is 9.79 Å². The Morgan fingerprint density at radius 3 is 1.40 bits per heavy atom. The Kier molecular flexibility index (Phi) is 9.12. The first-order chi connectivity index (χ1) is 6.86. The van der Waals surface area contributed by atoms with Gasteiger partial charge in [-0.3, -0.25) is 0 Å². The normalized spacial score (nSPS) is 8.67. The zero-order chi connectivity index (χ0) is 10.2. The Morgan fingerprint density at radius 2 is 1.27 bits per heavy atom. The summed E-state index contributed by atoms with van der Waals surface area (Å²) in [5, 5.41) is 0. The van der Waals surface area contributed by atoms with Crippen LogP contribution >= 0.6 is 23.5 Å². The van der Waals surface area contributed by atoms with Crippen molar-refractivity contribution in [3.8, 4) is 0 Å². The van der Waals surface area contributed by atoms with Crippen LogP contribution in [0.25, 0.3) is 0 Å². The van der Waals surface area contributed by atoms with Gasteiger partial charge in [-0.1, -0.05) is 0 Å². The van der Waals surface area contributed by atoms with E-state index >= 15 is 0 Å². The molecule has 0 nitrogen and oxygen atoms in total. The summed E-state index contributed by atoms with van der Waals surface area (Å²) in [4.78, 5) is 2.69. The van der Waals surface area contributed by atoms with E-state index in [4.69, 9.17) is 0 Å². The molecule has 2 aromatic carbocycles. The monoisotopic (exact) mass is 278 g/mol. The average molecular weight is 278 g/mol. The fourth-order valence-corrected chi connectivity index (χ4v) is 1.84. The molecule has 0 radical (unpaired) electrons. The van der Waals surface area contributed by atoms with Crippen LogP contribution in [0.4, 0.5) is 0 Å². The van der Waals surface area contributed by atoms with Gasteiger partial charge >= 0.3 is 17.1 Å². The van der Waals surface area contributed by atoms with Crippen molar-refractivity contribution < 1.29 is 17.1 Å². The zero-order valence-electron chi connectivity index (χ0n) is 8.79. The van der Waals surface area contributed by atoms with E-state index in [1.807, 2.05) is 24.3 Å². The zero-order valence-corrected chi connectivity index (χ0v) is 11.5. The molecule has 0 N–H and O–H groups in total. The Hall–Kier alpha value is -0.0805. The second-order valence-corrected chi connectivity index (χ2v) is 4.41. The molecule has 2 aromatic rings. The molecule has 0 saturated carbocycles. The molecule has 0 aliphatic rings. The maximum Gasteiger partial charge on any atom is 2.00 e. The molecule has 0 spiro atoms. The molecule has 0 unspecified atom stereocenters. The summed E-state index contributed by atoms with van der Waals surface area (Å²) in [7, 11) is 0. The summed E-state index contributed by atoms with van der Waals surface area (Å²) in [5.74, 6) is 0. The Morgan fingerprint density at radius 1 is 0.867 bits per heavy atom. The molecule has 0 heterocycles. The van der Waals surface area contributed by atoms with Gasteiger partial charge in [-0.2, -0.15) is 47.8 Å². The van der Waals surface area contributed by atoms with Crippen molar-refractivity contribution in [3.63, 3.8) is 0 Å². The van der Waals surface area contributed by atoms with Crippen molar-refractivity contribution in [1.29, 1.82) is 0 Å². The van der Waals surface area contributed by atoms with Gasteiger partial charge in [-0.05, 0) is 12.5 Å². The number of hydrogen-bond donors (Lipinski definition) is 0. The first-order valence-corrected chi connectivity index (χ1v) is 6.83. The molecule has 0 saturated heterocycles. The molecule has 3 heteroatoms. The van der Waals surface area contributed by atoms with Crippen LogP contribution in [0.2, 0.25) is 0 Å². The van der Waals surface area contributed by atoms with Crippen molar-refractivity contribution in [2.24, 2.45) is 0 Å². The van der Waals surface area contributed by atoms with Gasteiger partial charge in [0.1, 0.15) is 0 Å². The van der Waals surface area contributed by atoms with Gasteiger partial charge < -0.3 is 0 Å². The quantitative estimate of drug-likeness (QED) is 0.457. The fourth-order valence-electron chi connectivity index (χ4n) is 0.985. The van der Waals surface area contributed by atoms with Crippen LogP contribution in [-0.4, -0.2) is 12.5 Å². The average Bonchev–Trinajstić information content (AvgIpc) is 2.92. The second kappa shape index (κ2) is 9.17. The predicted molar refractivity (Wildman–Crippen MR) is 67.6 cm³/mol. The summed E-state index contributed by atoms with van der Waals surface area (Å²) in [6.07, 6.45) is 4.16. The molecular weight excluding hydrogens is 264 g/mol. The SMILES string of the molecule is CSc1ccc[cH-]1.CSc1ccc[cH-]1.[Fe+2]. The van der Waals surface area contributed by atoms with Gasteiger partial charge in [0.25, 0.3) is 0 Å². The van der Waals surface area contributed by atoms with E-state index in [2.05, 4.69) is 36.8 Å². The first-order valence-electron chi connectivity index (χ1n) is 4.38. The summed E-state index contributed by atoms with van der Waals surface area (Å²) in [6.45, 7) is 0. The molecule has 0 fully saturated rings. The molecule has 0 aliphatic carbocycles. The predicted octanol–water partition coefficient (Wildman–Crippen LogP) is 4.25. The summed E-state index contributed by atoms with van der Waals surface area (Å²) < 4.78 is 0. The first kappa shape index (κ1) is 14.9. The third-order valence-corrected chi connectivity index (χ3v) is 3.22. The third-order valence-electron chi connectivity index (χ3n) is 1.74. The molecule has 0 amide bonds. The summed E-state index contributed by atoms with van der Waals surface area (Å²) in [5.41, 5.74) is 0. The van der Waals surface area contributed by atoms with E-state index < -0.39 is 0 Å². The van der Waals surface area contributed by atoms with Crippen molar-refractivity contribution in [2.45, 2.75) is 9.79 Å². The Bertz CT molecular complexity index is 277. The van der Waals surface area contributed by atoms with Crippen LogP contribution in [0, 0.1) is 0 Å². The third kappa shape index (κ3) is 6.16. The number of thioether (sulfide) groups is 2. The van der Waals surface area contributed by atoms with Gasteiger partial charge in [0.05, 0.1) is 0 Å². The van der Waals surface area contributed by atoms with Crippen molar-refractivity contribution in [1.82, 2.24) is 0 Å². The molecule has 0 atom stereocenters. The standard InChI is InChI=1S/2C6H7S.Fe/c2*1-7-6-4-2-3-5-6;/h2*2-5H,1H3;/q2*-1;+2. The van der Waals surface area contributed by atoms with Crippen molar-refractivity contribution in [3.05, 3.63) is 48.5 Å². The maximum atomic E-state index is 2.10. The van der Waals surface area contributed by atoms with Crippen LogP contribution in [0.1, 0.15) is 0 Å². The van der Waals surface area contributed by atoms with E-state index in [1.54, 1.807) is 23.5 Å². The summed E-state index contributed by atoms with van der Waals surface area (Å²) in [6, 6.07) is 16.6. The molecular formula is C12H14FeS2. The smallest absolute Gasteiger partial charge is 0.213 e. The largest absolute Gasteiger partial charge is 2.00 e. The van der Waals surface area contributed by atoms with E-state index in [-0.39, 0.29) is 17.1 Å². The molecule has 2 rings (SSSR count). The number of rotatable bonds is 2. The maximum absolute atomic E-state index is 2.10. The Balaban J connectivity index is 0.000000245. The second-order valence-electron chi connectivity index (χ2n) is 2.65. The van der Waals surface area contributed by atoms with E-state index in [9.17, 15) is 0 Å². The fraction of sp³-hybridized carbons (Fsp3) is 0.167. The minimum absolute atomic E-state index is 0. The molecule has 0 bridgehead atoms. The molecule has 15 heavy (non-hydrogen) atoms. The van der Waals surface area contributed by atoms with Gasteiger partial charge in [0.2, 0.25) is 0 Å². The number of hydrogen-bond acceptors (Lipinski definition) is 2. The Labute approximate surface area is 111 Å². The van der Waals surface area contributed by atoms with Crippen LogP contribution in [0.3, 0.4) is 0 Å². The van der Waals surface area contributed by atoms with E-state index in [0.29, 0.717) is 0 Å². The van der Waals surface area contributed by atoms with Crippen LogP contribution in [0.15, 0.2) is 58.3 Å². The van der Waals surface area contributed by atoms with Crippen LogP contribution in [0.5, 0.6) is 0 Å².